The Bertz CT molecular complexity index is 1090. The second-order valence-corrected chi connectivity index (χ2v) is 5.30. The summed E-state index contributed by atoms with van der Waals surface area (Å²) in [5, 5.41) is 2.06. The van der Waals surface area contributed by atoms with Crippen molar-refractivity contribution < 1.29 is 0 Å². The van der Waals surface area contributed by atoms with Crippen LogP contribution in [0.2, 0.25) is 5.02 Å². The van der Waals surface area contributed by atoms with Crippen molar-refractivity contribution in [2.75, 3.05) is 0 Å². The lowest BCUT2D eigenvalue weighted by Gasteiger charge is -2.07. The number of rotatable bonds is 0. The van der Waals surface area contributed by atoms with Gasteiger partial charge < -0.3 is 4.98 Å². The molecule has 3 nitrogen and oxygen atoms in total. The van der Waals surface area contributed by atoms with Crippen LogP contribution < -0.4 is 10.9 Å². The molecule has 4 rings (SSSR count). The van der Waals surface area contributed by atoms with Crippen molar-refractivity contribution in [3.63, 3.8) is 0 Å². The number of fused-ring (bicyclic) bond motifs is 3. The predicted molar refractivity (Wildman–Crippen MR) is 87.8 cm³/mol. The minimum Gasteiger partial charge on any atom is -0.339 e. The van der Waals surface area contributed by atoms with Gasteiger partial charge in [-0.15, -0.1) is 0 Å². The van der Waals surface area contributed by atoms with Crippen LogP contribution in [-0.2, 0) is 0 Å². The quantitative estimate of drug-likeness (QED) is 0.400. The molecular formula is C16H8BClN2O. The lowest BCUT2D eigenvalue weighted by atomic mass is 9.94. The highest BCUT2D eigenvalue weighted by Crippen LogP contribution is 2.28. The molecule has 0 saturated heterocycles. The molecule has 2 heterocycles. The van der Waals surface area contributed by atoms with E-state index in [1.54, 1.807) is 24.3 Å². The third-order valence-electron chi connectivity index (χ3n) is 3.60. The highest BCUT2D eigenvalue weighted by Gasteiger charge is 2.13. The molecule has 0 aliphatic heterocycles. The van der Waals surface area contributed by atoms with Crippen LogP contribution in [0.4, 0.5) is 0 Å². The molecule has 0 aliphatic carbocycles. The fraction of sp³-hybridized carbons (Fsp3) is 0. The van der Waals surface area contributed by atoms with Gasteiger partial charge in [0.25, 0.3) is 0 Å². The lowest BCUT2D eigenvalue weighted by Crippen LogP contribution is -2.07. The van der Waals surface area contributed by atoms with Crippen LogP contribution in [0.1, 0.15) is 0 Å². The van der Waals surface area contributed by atoms with Gasteiger partial charge in [0.15, 0.2) is 5.43 Å². The van der Waals surface area contributed by atoms with Crippen LogP contribution in [-0.4, -0.2) is 17.8 Å². The molecule has 0 atom stereocenters. The Kier molecular flexibility index (Phi) is 2.56. The van der Waals surface area contributed by atoms with Crippen molar-refractivity contribution in [3.8, 4) is 0 Å². The fourth-order valence-electron chi connectivity index (χ4n) is 2.59. The topological polar surface area (TPSA) is 45.8 Å². The number of hydrogen-bond acceptors (Lipinski definition) is 2. The number of aromatic nitrogens is 2. The second kappa shape index (κ2) is 4.33. The predicted octanol–water partition coefficient (Wildman–Crippen LogP) is 2.68. The van der Waals surface area contributed by atoms with E-state index in [2.05, 4.69) is 9.97 Å². The van der Waals surface area contributed by atoms with Crippen LogP contribution >= 0.6 is 11.6 Å². The normalized spacial score (nSPS) is 11.5. The molecule has 4 aromatic rings. The minimum absolute atomic E-state index is 0.124. The summed E-state index contributed by atoms with van der Waals surface area (Å²) >= 11 is 6.44. The van der Waals surface area contributed by atoms with Gasteiger partial charge >= 0.3 is 0 Å². The number of pyridine rings is 2. The van der Waals surface area contributed by atoms with E-state index in [-0.39, 0.29) is 5.43 Å². The van der Waals surface area contributed by atoms with Gasteiger partial charge in [0.2, 0.25) is 0 Å². The zero-order chi connectivity index (χ0) is 14.6. The van der Waals surface area contributed by atoms with E-state index < -0.39 is 0 Å². The monoisotopic (exact) mass is 290 g/mol. The second-order valence-electron chi connectivity index (χ2n) is 4.93. The van der Waals surface area contributed by atoms with E-state index in [1.807, 2.05) is 18.2 Å². The van der Waals surface area contributed by atoms with Crippen LogP contribution in [0.15, 0.2) is 47.3 Å². The average molecular weight is 291 g/mol. The highest BCUT2D eigenvalue weighted by atomic mass is 35.5. The summed E-state index contributed by atoms with van der Waals surface area (Å²) in [6.07, 6.45) is 0. The van der Waals surface area contributed by atoms with Gasteiger partial charge in [0, 0.05) is 10.8 Å². The van der Waals surface area contributed by atoms with Gasteiger partial charge in [-0.25, -0.2) is 4.98 Å². The summed E-state index contributed by atoms with van der Waals surface area (Å²) in [5.41, 5.74) is 2.39. The van der Waals surface area contributed by atoms with Crippen molar-refractivity contribution in [3.05, 3.63) is 57.7 Å². The molecule has 0 unspecified atom stereocenters. The number of aromatic amines is 1. The minimum atomic E-state index is -0.124. The number of nitrogens with one attached hydrogen (secondary N) is 1. The van der Waals surface area contributed by atoms with Gasteiger partial charge in [0.05, 0.1) is 21.4 Å². The Hall–Kier alpha value is -2.33. The number of nitrogens with zero attached hydrogens (tertiary/aromatic N) is 1. The molecule has 0 spiro atoms. The first kappa shape index (κ1) is 12.4. The summed E-state index contributed by atoms with van der Waals surface area (Å²) < 4.78 is 0. The van der Waals surface area contributed by atoms with Crippen LogP contribution in [0, 0.1) is 0 Å². The number of benzene rings is 2. The van der Waals surface area contributed by atoms with Crippen LogP contribution in [0.5, 0.6) is 0 Å². The summed E-state index contributed by atoms with van der Waals surface area (Å²) in [5.74, 6) is 0. The number of para-hydroxylation sites is 1. The molecule has 2 aromatic heterocycles. The molecule has 5 heteroatoms. The van der Waals surface area contributed by atoms with E-state index in [1.165, 1.54) is 0 Å². The molecule has 2 radical (unpaired) electrons. The summed E-state index contributed by atoms with van der Waals surface area (Å²) in [4.78, 5) is 20.3. The molecule has 0 bridgehead atoms. The smallest absolute Gasteiger partial charge is 0.200 e. The summed E-state index contributed by atoms with van der Waals surface area (Å²) in [7, 11) is 5.79. The van der Waals surface area contributed by atoms with E-state index in [9.17, 15) is 4.79 Å². The number of H-pyrrole nitrogens is 1. The van der Waals surface area contributed by atoms with Crippen molar-refractivity contribution in [2.45, 2.75) is 0 Å². The third kappa shape index (κ3) is 1.76. The average Bonchev–Trinajstić information content (AvgIpc) is 2.48. The maximum absolute atomic E-state index is 12.7. The zero-order valence-corrected chi connectivity index (χ0v) is 11.6. The Labute approximate surface area is 126 Å². The molecule has 2 aromatic carbocycles. The van der Waals surface area contributed by atoms with Crippen LogP contribution in [0.25, 0.3) is 32.8 Å². The maximum atomic E-state index is 12.7. The molecule has 98 valence electrons. The van der Waals surface area contributed by atoms with Gasteiger partial charge in [-0.3, -0.25) is 4.79 Å². The maximum Gasteiger partial charge on any atom is 0.200 e. The fourth-order valence-corrected chi connectivity index (χ4v) is 2.92. The third-order valence-corrected chi connectivity index (χ3v) is 3.99. The van der Waals surface area contributed by atoms with Gasteiger partial charge in [-0.2, -0.15) is 0 Å². The summed E-state index contributed by atoms with van der Waals surface area (Å²) in [6, 6.07) is 12.6. The van der Waals surface area contributed by atoms with Gasteiger partial charge in [-0.05, 0) is 18.2 Å². The van der Waals surface area contributed by atoms with Crippen LogP contribution in [0.3, 0.4) is 0 Å². The Morgan fingerprint density at radius 1 is 1.10 bits per heavy atom. The standard InChI is InChI=1S/C16H8BClN2O/c17-8-5-6-12-10(7-8)14(18)13-15(21)9-3-1-2-4-11(9)19-16(13)20-12/h1-7H,(H,19,20,21). The van der Waals surface area contributed by atoms with Gasteiger partial charge in [0.1, 0.15) is 13.5 Å². The molecule has 1 N–H and O–H groups in total. The molecule has 0 amide bonds. The Balaban J connectivity index is 2.32. The van der Waals surface area contributed by atoms with E-state index in [0.29, 0.717) is 37.8 Å². The van der Waals surface area contributed by atoms with Crippen molar-refractivity contribution in [2.24, 2.45) is 0 Å². The summed E-state index contributed by atoms with van der Waals surface area (Å²) in [6.45, 7) is 0. The van der Waals surface area contributed by atoms with E-state index in [0.717, 1.165) is 5.52 Å². The Morgan fingerprint density at radius 3 is 2.76 bits per heavy atom. The highest BCUT2D eigenvalue weighted by molar-refractivity contribution is 6.41. The first-order valence-corrected chi connectivity index (χ1v) is 6.82. The molecule has 0 aliphatic rings. The largest absolute Gasteiger partial charge is 0.339 e. The zero-order valence-electron chi connectivity index (χ0n) is 10.9. The number of hydrogen-bond donors (Lipinski definition) is 1. The molecule has 21 heavy (non-hydrogen) atoms. The van der Waals surface area contributed by atoms with Crippen molar-refractivity contribution in [1.29, 1.82) is 0 Å². The van der Waals surface area contributed by atoms with E-state index in [4.69, 9.17) is 19.4 Å². The molecule has 0 fully saturated rings. The molecular weight excluding hydrogens is 282 g/mol. The number of halogens is 1. The first-order valence-electron chi connectivity index (χ1n) is 6.44. The SMILES string of the molecule is [B]c1ccc2nc3[nH]c4ccccc4c(=O)c3c(Cl)c2c1. The molecule has 0 saturated carbocycles. The van der Waals surface area contributed by atoms with E-state index >= 15 is 0 Å². The van der Waals surface area contributed by atoms with Crippen molar-refractivity contribution >= 4 is 57.7 Å². The van der Waals surface area contributed by atoms with Crippen molar-refractivity contribution in [1.82, 2.24) is 9.97 Å². The lowest BCUT2D eigenvalue weighted by molar-refractivity contribution is 1.37. The Morgan fingerprint density at radius 2 is 1.90 bits per heavy atom. The first-order chi connectivity index (χ1) is 10.1. The van der Waals surface area contributed by atoms with Gasteiger partial charge in [-0.1, -0.05) is 41.3 Å².